The van der Waals surface area contributed by atoms with Gasteiger partial charge in [0.15, 0.2) is 5.58 Å². The number of anilines is 3. The number of fused-ring (bicyclic) bond motifs is 11. The Morgan fingerprint density at radius 2 is 1.08 bits per heavy atom. The van der Waals surface area contributed by atoms with E-state index in [4.69, 9.17) is 8.83 Å². The number of hydrogen-bond donors (Lipinski definition) is 0. The first-order valence-corrected chi connectivity index (χ1v) is 17.9. The summed E-state index contributed by atoms with van der Waals surface area (Å²) in [4.78, 5) is 2.41. The highest BCUT2D eigenvalue weighted by Crippen LogP contribution is 2.53. The molecule has 0 unspecified atom stereocenters. The molecule has 8 aromatic carbocycles. The van der Waals surface area contributed by atoms with Gasteiger partial charge in [-0.3, -0.25) is 0 Å². The number of para-hydroxylation sites is 2. The lowest BCUT2D eigenvalue weighted by atomic mass is 9.82. The summed E-state index contributed by atoms with van der Waals surface area (Å²) in [7, 11) is 0. The maximum Gasteiger partial charge on any atom is 0.160 e. The molecule has 0 radical (unpaired) electrons. The molecule has 2 heterocycles. The van der Waals surface area contributed by atoms with Crippen LogP contribution in [-0.4, -0.2) is 0 Å². The number of nitrogens with zero attached hydrogens (tertiary/aromatic N) is 1. The van der Waals surface area contributed by atoms with Gasteiger partial charge in [0, 0.05) is 43.9 Å². The van der Waals surface area contributed by atoms with Gasteiger partial charge in [0.25, 0.3) is 0 Å². The highest BCUT2D eigenvalue weighted by Gasteiger charge is 2.36. The van der Waals surface area contributed by atoms with E-state index in [2.05, 4.69) is 164 Å². The van der Waals surface area contributed by atoms with Crippen LogP contribution >= 0.6 is 0 Å². The van der Waals surface area contributed by atoms with Crippen LogP contribution in [0.3, 0.4) is 0 Å². The first-order chi connectivity index (χ1) is 25.6. The number of rotatable bonds is 4. The van der Waals surface area contributed by atoms with Crippen LogP contribution in [0.25, 0.3) is 76.9 Å². The summed E-state index contributed by atoms with van der Waals surface area (Å²) in [6.07, 6.45) is 0. The molecular formula is C49H33NO2. The third-order valence-corrected chi connectivity index (χ3v) is 11.3. The van der Waals surface area contributed by atoms with Crippen molar-refractivity contribution < 1.29 is 8.83 Å². The number of furan rings is 2. The lowest BCUT2D eigenvalue weighted by Crippen LogP contribution is -2.17. The summed E-state index contributed by atoms with van der Waals surface area (Å²) < 4.78 is 13.5. The van der Waals surface area contributed by atoms with E-state index in [0.29, 0.717) is 0 Å². The summed E-state index contributed by atoms with van der Waals surface area (Å²) in [6, 6.07) is 58.7. The summed E-state index contributed by atoms with van der Waals surface area (Å²) >= 11 is 0. The van der Waals surface area contributed by atoms with Gasteiger partial charge in [0.1, 0.15) is 16.7 Å². The fourth-order valence-electron chi connectivity index (χ4n) is 8.85. The van der Waals surface area contributed by atoms with Crippen LogP contribution in [0.2, 0.25) is 0 Å². The second kappa shape index (κ2) is 10.7. The molecule has 0 fully saturated rings. The maximum absolute atomic E-state index is 7.11. The fourth-order valence-corrected chi connectivity index (χ4v) is 8.85. The number of benzene rings is 8. The van der Waals surface area contributed by atoms with Crippen molar-refractivity contribution in [3.63, 3.8) is 0 Å². The molecule has 52 heavy (non-hydrogen) atoms. The fraction of sp³-hybridized carbons (Fsp3) is 0.0612. The topological polar surface area (TPSA) is 29.5 Å². The first-order valence-electron chi connectivity index (χ1n) is 17.9. The zero-order valence-corrected chi connectivity index (χ0v) is 28.9. The van der Waals surface area contributed by atoms with E-state index in [-0.39, 0.29) is 5.41 Å². The van der Waals surface area contributed by atoms with Gasteiger partial charge in [-0.05, 0) is 87.1 Å². The summed E-state index contributed by atoms with van der Waals surface area (Å²) in [6.45, 7) is 4.69. The van der Waals surface area contributed by atoms with Crippen molar-refractivity contribution in [2.24, 2.45) is 0 Å². The van der Waals surface area contributed by atoms with Crippen molar-refractivity contribution in [2.45, 2.75) is 19.3 Å². The molecule has 0 amide bonds. The highest BCUT2D eigenvalue weighted by molar-refractivity contribution is 6.28. The van der Waals surface area contributed by atoms with E-state index in [1.165, 1.54) is 33.0 Å². The van der Waals surface area contributed by atoms with Crippen LogP contribution in [0.15, 0.2) is 173 Å². The Balaban J connectivity index is 1.28. The zero-order valence-electron chi connectivity index (χ0n) is 28.9. The predicted molar refractivity (Wildman–Crippen MR) is 216 cm³/mol. The van der Waals surface area contributed by atoms with E-state index in [9.17, 15) is 0 Å². The van der Waals surface area contributed by atoms with Gasteiger partial charge in [-0.2, -0.15) is 0 Å². The normalized spacial score (nSPS) is 13.3. The quantitative estimate of drug-likeness (QED) is 0.187. The van der Waals surface area contributed by atoms with Gasteiger partial charge in [0.05, 0.1) is 5.69 Å². The Bertz CT molecular complexity index is 3050. The van der Waals surface area contributed by atoms with Gasteiger partial charge in [-0.15, -0.1) is 0 Å². The van der Waals surface area contributed by atoms with Gasteiger partial charge < -0.3 is 13.7 Å². The van der Waals surface area contributed by atoms with Crippen LogP contribution in [0.4, 0.5) is 17.1 Å². The molecule has 1 aliphatic rings. The Hall–Kier alpha value is -6.58. The van der Waals surface area contributed by atoms with Crippen LogP contribution in [0.5, 0.6) is 0 Å². The highest BCUT2D eigenvalue weighted by atomic mass is 16.3. The van der Waals surface area contributed by atoms with Crippen LogP contribution in [-0.2, 0) is 5.41 Å². The monoisotopic (exact) mass is 667 g/mol. The molecule has 1 aliphatic carbocycles. The Kier molecular flexibility index (Phi) is 6.01. The molecule has 0 atom stereocenters. The van der Waals surface area contributed by atoms with Gasteiger partial charge in [0.2, 0.25) is 0 Å². The molecule has 3 nitrogen and oxygen atoms in total. The third kappa shape index (κ3) is 4.02. The molecule has 246 valence electrons. The van der Waals surface area contributed by atoms with Crippen molar-refractivity contribution in [3.05, 3.63) is 175 Å². The van der Waals surface area contributed by atoms with Crippen molar-refractivity contribution in [1.29, 1.82) is 0 Å². The third-order valence-electron chi connectivity index (χ3n) is 11.3. The second-order valence-corrected chi connectivity index (χ2v) is 14.4. The Labute approximate surface area is 301 Å². The molecule has 3 heteroatoms. The minimum atomic E-state index is -0.151. The molecule has 0 spiro atoms. The SMILES string of the molecule is CC1(C)c2ccccc2-c2ccc(N(c3ccccc3)c3c(-c4cccc5ccccc45)ccc4c3oc3ccc5oc6ccccc6c5c34)cc21. The van der Waals surface area contributed by atoms with Crippen molar-refractivity contribution >= 4 is 71.7 Å². The van der Waals surface area contributed by atoms with Crippen LogP contribution in [0, 0.1) is 0 Å². The minimum Gasteiger partial charge on any atom is -0.456 e. The Morgan fingerprint density at radius 3 is 1.96 bits per heavy atom. The molecule has 0 saturated heterocycles. The predicted octanol–water partition coefficient (Wildman–Crippen LogP) is 14.1. The largest absolute Gasteiger partial charge is 0.456 e. The van der Waals surface area contributed by atoms with Gasteiger partial charge >= 0.3 is 0 Å². The standard InChI is InChI=1S/C49H33NO2/c1-49(2)40-21-10-8-18-35(40)36-24-23-32(29-41(36)49)50(31-15-4-3-5-16-31)47-37(34-20-12-14-30-13-6-7-17-33(30)34)25-26-39-46-44(52-48(39)47)28-27-43-45(46)38-19-9-11-22-42(38)51-43/h3-29H,1-2H3. The molecule has 0 saturated carbocycles. The average Bonchev–Trinajstić information content (AvgIpc) is 3.83. The molecule has 2 aromatic heterocycles. The van der Waals surface area contributed by atoms with E-state index >= 15 is 0 Å². The van der Waals surface area contributed by atoms with Crippen LogP contribution < -0.4 is 4.90 Å². The average molecular weight is 668 g/mol. The molecular weight excluding hydrogens is 635 g/mol. The second-order valence-electron chi connectivity index (χ2n) is 14.4. The smallest absolute Gasteiger partial charge is 0.160 e. The Morgan fingerprint density at radius 1 is 0.423 bits per heavy atom. The van der Waals surface area contributed by atoms with Crippen molar-refractivity contribution in [1.82, 2.24) is 0 Å². The molecule has 0 aliphatic heterocycles. The minimum absolute atomic E-state index is 0.151. The molecule has 0 N–H and O–H groups in total. The molecule has 10 aromatic rings. The van der Waals surface area contributed by atoms with Gasteiger partial charge in [-0.25, -0.2) is 0 Å². The van der Waals surface area contributed by atoms with Crippen LogP contribution in [0.1, 0.15) is 25.0 Å². The lowest BCUT2D eigenvalue weighted by molar-refractivity contribution is 0.660. The van der Waals surface area contributed by atoms with E-state index in [0.717, 1.165) is 72.1 Å². The lowest BCUT2D eigenvalue weighted by Gasteiger charge is -2.30. The van der Waals surface area contributed by atoms with Gasteiger partial charge in [-0.1, -0.05) is 129 Å². The zero-order chi connectivity index (χ0) is 34.6. The van der Waals surface area contributed by atoms with Crippen molar-refractivity contribution in [2.75, 3.05) is 4.90 Å². The molecule has 11 rings (SSSR count). The number of hydrogen-bond acceptors (Lipinski definition) is 3. The first kappa shape index (κ1) is 29.2. The molecule has 0 bridgehead atoms. The maximum atomic E-state index is 7.11. The van der Waals surface area contributed by atoms with Crippen molar-refractivity contribution in [3.8, 4) is 22.3 Å². The van der Waals surface area contributed by atoms with E-state index in [1.807, 2.05) is 18.2 Å². The van der Waals surface area contributed by atoms with E-state index < -0.39 is 0 Å². The summed E-state index contributed by atoms with van der Waals surface area (Å²) in [5, 5.41) is 6.70. The summed E-state index contributed by atoms with van der Waals surface area (Å²) in [5.74, 6) is 0. The summed E-state index contributed by atoms with van der Waals surface area (Å²) in [5.41, 5.74) is 14.0. The van der Waals surface area contributed by atoms with E-state index in [1.54, 1.807) is 0 Å².